The topological polar surface area (TPSA) is 83.9 Å². The summed E-state index contributed by atoms with van der Waals surface area (Å²) < 4.78 is 11.9. The average molecular weight is 377 g/mol. The molecule has 2 fully saturated rings. The van der Waals surface area contributed by atoms with Crippen molar-refractivity contribution in [1.82, 2.24) is 15.2 Å². The van der Waals surface area contributed by atoms with Crippen LogP contribution in [0.5, 0.6) is 0 Å². The van der Waals surface area contributed by atoms with Gasteiger partial charge < -0.3 is 19.9 Å². The van der Waals surface area contributed by atoms with Crippen molar-refractivity contribution >= 4 is 5.91 Å². The van der Waals surface area contributed by atoms with E-state index in [4.69, 9.17) is 9.47 Å². The lowest BCUT2D eigenvalue weighted by Gasteiger charge is -2.44. The van der Waals surface area contributed by atoms with E-state index < -0.39 is 6.10 Å². The molecule has 7 heteroatoms. The van der Waals surface area contributed by atoms with Crippen molar-refractivity contribution in [2.45, 2.75) is 63.5 Å². The van der Waals surface area contributed by atoms with Gasteiger partial charge in [-0.25, -0.2) is 0 Å². The molecule has 0 aromatic carbocycles. The van der Waals surface area contributed by atoms with Crippen molar-refractivity contribution in [2.75, 3.05) is 26.3 Å². The van der Waals surface area contributed by atoms with Gasteiger partial charge in [0.1, 0.15) is 0 Å². The lowest BCUT2D eigenvalue weighted by Crippen LogP contribution is -2.55. The Morgan fingerprint density at radius 1 is 1.33 bits per heavy atom. The Balaban J connectivity index is 1.63. The number of nitrogens with zero attached hydrogens (tertiary/aromatic N) is 2. The summed E-state index contributed by atoms with van der Waals surface area (Å²) in [5.74, 6) is 0.0520. The van der Waals surface area contributed by atoms with Crippen LogP contribution in [-0.4, -0.2) is 71.6 Å². The molecule has 3 heterocycles. The van der Waals surface area contributed by atoms with Crippen molar-refractivity contribution in [3.63, 3.8) is 0 Å². The largest absolute Gasteiger partial charge is 0.389 e. The monoisotopic (exact) mass is 377 g/mol. The Bertz CT molecular complexity index is 586. The Labute approximate surface area is 161 Å². The van der Waals surface area contributed by atoms with Crippen LogP contribution in [0.3, 0.4) is 0 Å². The van der Waals surface area contributed by atoms with E-state index in [9.17, 15) is 9.90 Å². The predicted octanol–water partition coefficient (Wildman–Crippen LogP) is 1.11. The Hall–Kier alpha value is -1.54. The first-order valence-electron chi connectivity index (χ1n) is 9.96. The molecule has 2 N–H and O–H groups in total. The number of fused-ring (bicyclic) bond motifs is 1. The van der Waals surface area contributed by atoms with E-state index in [-0.39, 0.29) is 24.2 Å². The van der Waals surface area contributed by atoms with Crippen LogP contribution in [0, 0.1) is 0 Å². The average Bonchev–Trinajstić information content (AvgIpc) is 2.66. The summed E-state index contributed by atoms with van der Waals surface area (Å²) in [7, 11) is 0. The van der Waals surface area contributed by atoms with Crippen molar-refractivity contribution in [1.29, 1.82) is 0 Å². The first-order chi connectivity index (χ1) is 13.2. The van der Waals surface area contributed by atoms with Gasteiger partial charge in [-0.1, -0.05) is 6.92 Å². The number of amides is 1. The van der Waals surface area contributed by atoms with Gasteiger partial charge in [0.2, 0.25) is 5.91 Å². The second-order valence-corrected chi connectivity index (χ2v) is 7.47. The first-order valence-corrected chi connectivity index (χ1v) is 9.96. The Kier molecular flexibility index (Phi) is 7.58. The van der Waals surface area contributed by atoms with Gasteiger partial charge in [-0.05, 0) is 37.0 Å². The molecule has 27 heavy (non-hydrogen) atoms. The Morgan fingerprint density at radius 3 is 2.93 bits per heavy atom. The summed E-state index contributed by atoms with van der Waals surface area (Å²) in [4.78, 5) is 18.4. The van der Waals surface area contributed by atoms with Gasteiger partial charge in [-0.3, -0.25) is 14.7 Å². The number of nitrogens with one attached hydrogen (secondary N) is 1. The highest BCUT2D eigenvalue weighted by molar-refractivity contribution is 5.76. The molecule has 1 aromatic heterocycles. The maximum absolute atomic E-state index is 12.0. The van der Waals surface area contributed by atoms with E-state index in [1.165, 1.54) is 5.56 Å². The minimum atomic E-state index is -0.509. The van der Waals surface area contributed by atoms with Gasteiger partial charge in [0.15, 0.2) is 0 Å². The highest BCUT2D eigenvalue weighted by atomic mass is 16.5. The molecule has 0 bridgehead atoms. The van der Waals surface area contributed by atoms with E-state index in [2.05, 4.69) is 15.2 Å². The summed E-state index contributed by atoms with van der Waals surface area (Å²) in [5, 5.41) is 13.2. The van der Waals surface area contributed by atoms with E-state index in [0.29, 0.717) is 32.7 Å². The van der Waals surface area contributed by atoms with E-state index in [0.717, 1.165) is 25.8 Å². The third-order valence-electron chi connectivity index (χ3n) is 5.21. The molecule has 2 saturated heterocycles. The van der Waals surface area contributed by atoms with Gasteiger partial charge in [0.05, 0.1) is 37.9 Å². The molecule has 0 aliphatic carbocycles. The number of β-amino-alcohol motifs (C(OH)–C–C–N with tert-alkyl or cyclic N) is 1. The van der Waals surface area contributed by atoms with Gasteiger partial charge in [0, 0.05) is 38.1 Å². The smallest absolute Gasteiger partial charge is 0.222 e. The summed E-state index contributed by atoms with van der Waals surface area (Å²) >= 11 is 0. The molecule has 0 unspecified atom stereocenters. The van der Waals surface area contributed by atoms with Crippen molar-refractivity contribution in [3.05, 3.63) is 30.1 Å². The molecule has 0 radical (unpaired) electrons. The van der Waals surface area contributed by atoms with Crippen LogP contribution in [0.2, 0.25) is 0 Å². The standard InChI is InChI=1S/C20H31N3O4/c1-2-7-22-20(25)10-17-3-4-18-19(27-17)14-26-13-16(24)12-23(18)11-15-5-8-21-9-6-15/h5-6,8-9,16-19,24H,2-4,7,10-14H2,1H3,(H,22,25)/t16-,17+,18+,19-/m1/s1. The number of carbonyl (C=O) groups is 1. The zero-order chi connectivity index (χ0) is 19.1. The second-order valence-electron chi connectivity index (χ2n) is 7.47. The molecular weight excluding hydrogens is 346 g/mol. The fourth-order valence-electron chi connectivity index (χ4n) is 3.89. The second kappa shape index (κ2) is 10.1. The Morgan fingerprint density at radius 2 is 2.15 bits per heavy atom. The molecule has 2 aliphatic rings. The van der Waals surface area contributed by atoms with Crippen molar-refractivity contribution < 1.29 is 19.4 Å². The third-order valence-corrected chi connectivity index (χ3v) is 5.21. The maximum atomic E-state index is 12.0. The zero-order valence-electron chi connectivity index (χ0n) is 16.0. The number of aromatic nitrogens is 1. The number of carbonyl (C=O) groups excluding carboxylic acids is 1. The van der Waals surface area contributed by atoms with E-state index in [1.807, 2.05) is 19.1 Å². The molecule has 7 nitrogen and oxygen atoms in total. The fourth-order valence-corrected chi connectivity index (χ4v) is 3.89. The fraction of sp³-hybridized carbons (Fsp3) is 0.700. The molecule has 3 rings (SSSR count). The first kappa shape index (κ1) is 20.2. The lowest BCUT2D eigenvalue weighted by molar-refractivity contribution is -0.158. The molecule has 4 atom stereocenters. The minimum Gasteiger partial charge on any atom is -0.389 e. The summed E-state index contributed by atoms with van der Waals surface area (Å²) in [5.41, 5.74) is 1.17. The molecular formula is C20H31N3O4. The minimum absolute atomic E-state index is 0.0520. The molecule has 2 aliphatic heterocycles. The van der Waals surface area contributed by atoms with Crippen molar-refractivity contribution in [2.24, 2.45) is 0 Å². The van der Waals surface area contributed by atoms with Crippen LogP contribution in [-0.2, 0) is 20.8 Å². The van der Waals surface area contributed by atoms with E-state index >= 15 is 0 Å². The number of hydrogen-bond donors (Lipinski definition) is 2. The van der Waals surface area contributed by atoms with Gasteiger partial charge in [-0.2, -0.15) is 0 Å². The highest BCUT2D eigenvalue weighted by Crippen LogP contribution is 2.28. The number of pyridine rings is 1. The lowest BCUT2D eigenvalue weighted by atomic mass is 9.94. The zero-order valence-corrected chi connectivity index (χ0v) is 16.0. The highest BCUT2D eigenvalue weighted by Gasteiger charge is 2.37. The molecule has 1 amide bonds. The van der Waals surface area contributed by atoms with Gasteiger partial charge in [-0.15, -0.1) is 0 Å². The predicted molar refractivity (Wildman–Crippen MR) is 101 cm³/mol. The van der Waals surface area contributed by atoms with Crippen LogP contribution >= 0.6 is 0 Å². The van der Waals surface area contributed by atoms with Crippen LogP contribution < -0.4 is 5.32 Å². The maximum Gasteiger partial charge on any atom is 0.222 e. The SMILES string of the molecule is CCCNC(=O)C[C@@H]1CC[C@H]2[C@@H](COC[C@H](O)CN2Cc2ccncc2)O1. The molecule has 150 valence electrons. The normalized spacial score (nSPS) is 29.4. The number of rotatable bonds is 6. The van der Waals surface area contributed by atoms with Crippen LogP contribution in [0.1, 0.15) is 38.2 Å². The molecule has 0 saturated carbocycles. The van der Waals surface area contributed by atoms with Crippen molar-refractivity contribution in [3.8, 4) is 0 Å². The summed E-state index contributed by atoms with van der Waals surface area (Å²) in [6.07, 6.45) is 6.01. The summed E-state index contributed by atoms with van der Waals surface area (Å²) in [6.45, 7) is 4.79. The molecule has 1 aromatic rings. The van der Waals surface area contributed by atoms with Gasteiger partial charge in [0.25, 0.3) is 0 Å². The molecule has 0 spiro atoms. The number of aliphatic hydroxyl groups is 1. The number of aliphatic hydroxyl groups excluding tert-OH is 1. The van der Waals surface area contributed by atoms with Gasteiger partial charge >= 0.3 is 0 Å². The summed E-state index contributed by atoms with van der Waals surface area (Å²) in [6, 6.07) is 4.17. The van der Waals surface area contributed by atoms with Crippen LogP contribution in [0.25, 0.3) is 0 Å². The quantitative estimate of drug-likeness (QED) is 0.773. The third kappa shape index (κ3) is 5.97. The van der Waals surface area contributed by atoms with E-state index in [1.54, 1.807) is 12.4 Å². The number of ether oxygens (including phenoxy) is 2. The number of hydrogen-bond acceptors (Lipinski definition) is 6. The van der Waals surface area contributed by atoms with Crippen LogP contribution in [0.4, 0.5) is 0 Å². The van der Waals surface area contributed by atoms with Crippen LogP contribution in [0.15, 0.2) is 24.5 Å².